The van der Waals surface area contributed by atoms with Crippen molar-refractivity contribution in [1.29, 1.82) is 5.26 Å². The van der Waals surface area contributed by atoms with Gasteiger partial charge in [-0.05, 0) is 67.9 Å². The van der Waals surface area contributed by atoms with Crippen molar-refractivity contribution in [3.8, 4) is 17.2 Å². The Morgan fingerprint density at radius 2 is 1.40 bits per heavy atom. The third-order valence-electron chi connectivity index (χ3n) is 3.01. The highest BCUT2D eigenvalue weighted by atomic mass is 32.2. The fourth-order valence-corrected chi connectivity index (χ4v) is 2.54. The topological polar surface area (TPSA) is 23.8 Å². The van der Waals surface area contributed by atoms with Crippen molar-refractivity contribution in [3.63, 3.8) is 0 Å². The molecule has 2 rings (SSSR count). The van der Waals surface area contributed by atoms with Gasteiger partial charge in [0.2, 0.25) is 0 Å². The monoisotopic (exact) mass is 277 g/mol. The van der Waals surface area contributed by atoms with Crippen LogP contribution in [0.25, 0.3) is 0 Å². The Balaban J connectivity index is 2.32. The molecule has 2 aromatic rings. The van der Waals surface area contributed by atoms with Gasteiger partial charge in [0.25, 0.3) is 0 Å². The number of thioether (sulfide) groups is 1. The number of aryl methyl sites for hydroxylation is 3. The van der Waals surface area contributed by atoms with Gasteiger partial charge in [-0.15, -0.1) is 0 Å². The van der Waals surface area contributed by atoms with Gasteiger partial charge >= 0.3 is 0 Å². The van der Waals surface area contributed by atoms with Crippen LogP contribution in [0, 0.1) is 43.3 Å². The van der Waals surface area contributed by atoms with Crippen molar-refractivity contribution < 1.29 is 0 Å². The molecule has 0 fully saturated rings. The molecule has 0 aliphatic rings. The van der Waals surface area contributed by atoms with Gasteiger partial charge in [0, 0.05) is 16.0 Å². The van der Waals surface area contributed by atoms with E-state index in [0.717, 1.165) is 27.1 Å². The van der Waals surface area contributed by atoms with Crippen LogP contribution >= 0.6 is 11.8 Å². The summed E-state index contributed by atoms with van der Waals surface area (Å²) in [5.74, 6) is 6.36. The highest BCUT2D eigenvalue weighted by Crippen LogP contribution is 2.26. The largest absolute Gasteiger partial charge is 0.185 e. The van der Waals surface area contributed by atoms with Crippen LogP contribution in [0.15, 0.2) is 41.3 Å². The zero-order chi connectivity index (χ0) is 14.5. The highest BCUT2D eigenvalue weighted by Gasteiger charge is 2.04. The predicted molar refractivity (Wildman–Crippen MR) is 84.5 cm³/mol. The Morgan fingerprint density at radius 3 is 1.95 bits per heavy atom. The molecule has 0 heterocycles. The van der Waals surface area contributed by atoms with E-state index in [1.165, 1.54) is 17.3 Å². The highest BCUT2D eigenvalue weighted by molar-refractivity contribution is 8.03. The maximum Gasteiger partial charge on any atom is 0.138 e. The normalized spacial score (nSPS) is 9.50. The number of hydrogen-bond acceptors (Lipinski definition) is 2. The Kier molecular flexibility index (Phi) is 4.51. The lowest BCUT2D eigenvalue weighted by Gasteiger charge is -2.05. The number of thiocyanates is 1. The molecule has 0 aromatic heterocycles. The quantitative estimate of drug-likeness (QED) is 0.432. The summed E-state index contributed by atoms with van der Waals surface area (Å²) >= 11 is 1.21. The summed E-state index contributed by atoms with van der Waals surface area (Å²) in [5.41, 5.74) is 5.44. The maximum atomic E-state index is 8.80. The van der Waals surface area contributed by atoms with E-state index in [2.05, 4.69) is 36.3 Å². The lowest BCUT2D eigenvalue weighted by Crippen LogP contribution is -1.87. The molecule has 0 bridgehead atoms. The van der Waals surface area contributed by atoms with Crippen molar-refractivity contribution in [3.05, 3.63) is 64.2 Å². The summed E-state index contributed by atoms with van der Waals surface area (Å²) < 4.78 is 0. The lowest BCUT2D eigenvalue weighted by atomic mass is 10.1. The number of hydrogen-bond donors (Lipinski definition) is 0. The van der Waals surface area contributed by atoms with Crippen molar-refractivity contribution in [2.75, 3.05) is 0 Å². The second kappa shape index (κ2) is 6.33. The average Bonchev–Trinajstić information content (AvgIpc) is 2.42. The van der Waals surface area contributed by atoms with Gasteiger partial charge in [0.15, 0.2) is 0 Å². The van der Waals surface area contributed by atoms with E-state index < -0.39 is 0 Å². The van der Waals surface area contributed by atoms with E-state index in [1.54, 1.807) is 0 Å². The molecular weight excluding hydrogens is 262 g/mol. The summed E-state index contributed by atoms with van der Waals surface area (Å²) in [5, 5.41) is 10.9. The Hall–Kier alpha value is -2.16. The van der Waals surface area contributed by atoms with Crippen LogP contribution in [0.3, 0.4) is 0 Å². The van der Waals surface area contributed by atoms with E-state index in [0.29, 0.717) is 0 Å². The van der Waals surface area contributed by atoms with E-state index in [-0.39, 0.29) is 0 Å². The third-order valence-corrected chi connectivity index (χ3v) is 3.95. The number of benzene rings is 2. The first-order chi connectivity index (χ1) is 9.60. The molecule has 0 aliphatic heterocycles. The van der Waals surface area contributed by atoms with Crippen LogP contribution in [0.1, 0.15) is 27.8 Å². The zero-order valence-electron chi connectivity index (χ0n) is 11.8. The van der Waals surface area contributed by atoms with E-state index in [1.807, 2.05) is 38.1 Å². The van der Waals surface area contributed by atoms with E-state index in [9.17, 15) is 0 Å². The zero-order valence-corrected chi connectivity index (χ0v) is 12.6. The van der Waals surface area contributed by atoms with Crippen molar-refractivity contribution in [2.45, 2.75) is 25.7 Å². The van der Waals surface area contributed by atoms with Crippen LogP contribution in [-0.4, -0.2) is 0 Å². The molecule has 98 valence electrons. The molecule has 1 nitrogen and oxygen atoms in total. The number of rotatable bonds is 1. The Bertz CT molecular complexity index is 702. The van der Waals surface area contributed by atoms with Crippen LogP contribution in [0.5, 0.6) is 0 Å². The van der Waals surface area contributed by atoms with Gasteiger partial charge in [-0.1, -0.05) is 29.5 Å². The fraction of sp³-hybridized carbons (Fsp3) is 0.167. The molecule has 0 atom stereocenters. The first-order valence-corrected chi connectivity index (χ1v) is 7.17. The lowest BCUT2D eigenvalue weighted by molar-refractivity contribution is 1.21. The molecule has 0 amide bonds. The molecule has 0 unspecified atom stereocenters. The van der Waals surface area contributed by atoms with Crippen LogP contribution in [0.4, 0.5) is 0 Å². The van der Waals surface area contributed by atoms with E-state index in [4.69, 9.17) is 5.26 Å². The predicted octanol–water partition coefficient (Wildman–Crippen LogP) is 4.58. The summed E-state index contributed by atoms with van der Waals surface area (Å²) in [7, 11) is 0. The maximum absolute atomic E-state index is 8.80. The summed E-state index contributed by atoms with van der Waals surface area (Å²) in [6.45, 7) is 6.10. The van der Waals surface area contributed by atoms with Crippen LogP contribution in [-0.2, 0) is 0 Å². The molecule has 2 heteroatoms. The Morgan fingerprint density at radius 1 is 0.850 bits per heavy atom. The van der Waals surface area contributed by atoms with Crippen LogP contribution < -0.4 is 0 Å². The molecule has 20 heavy (non-hydrogen) atoms. The minimum absolute atomic E-state index is 0.989. The van der Waals surface area contributed by atoms with Crippen LogP contribution in [0.2, 0.25) is 0 Å². The van der Waals surface area contributed by atoms with Crippen molar-refractivity contribution in [1.82, 2.24) is 0 Å². The molecule has 0 saturated heterocycles. The van der Waals surface area contributed by atoms with Crippen molar-refractivity contribution >= 4 is 11.8 Å². The van der Waals surface area contributed by atoms with E-state index >= 15 is 0 Å². The molecule has 0 N–H and O–H groups in total. The Labute approximate surface area is 124 Å². The first-order valence-electron chi connectivity index (χ1n) is 6.36. The SMILES string of the molecule is Cc1ccc(C#Cc2cc(C)c(SC#N)c(C)c2)cc1. The van der Waals surface area contributed by atoms with Gasteiger partial charge < -0.3 is 0 Å². The summed E-state index contributed by atoms with van der Waals surface area (Å²) in [4.78, 5) is 1.04. The van der Waals surface area contributed by atoms with Gasteiger partial charge in [0.1, 0.15) is 5.40 Å². The molecule has 0 spiro atoms. The van der Waals surface area contributed by atoms with Crippen molar-refractivity contribution in [2.24, 2.45) is 0 Å². The van der Waals surface area contributed by atoms with Gasteiger partial charge in [-0.25, -0.2) is 0 Å². The van der Waals surface area contributed by atoms with Gasteiger partial charge in [0.05, 0.1) is 0 Å². The molecular formula is C18H15NS. The van der Waals surface area contributed by atoms with Gasteiger partial charge in [-0.3, -0.25) is 0 Å². The average molecular weight is 277 g/mol. The second-order valence-corrected chi connectivity index (χ2v) is 5.54. The molecule has 0 saturated carbocycles. The fourth-order valence-electron chi connectivity index (χ4n) is 2.01. The minimum atomic E-state index is 0.989. The minimum Gasteiger partial charge on any atom is -0.185 e. The van der Waals surface area contributed by atoms with Gasteiger partial charge in [-0.2, -0.15) is 5.26 Å². The third kappa shape index (κ3) is 3.44. The second-order valence-electron chi connectivity index (χ2n) is 4.75. The molecule has 0 radical (unpaired) electrons. The smallest absolute Gasteiger partial charge is 0.138 e. The molecule has 2 aromatic carbocycles. The molecule has 0 aliphatic carbocycles. The number of nitriles is 1. The first kappa shape index (κ1) is 14.3. The summed E-state index contributed by atoms with van der Waals surface area (Å²) in [6.07, 6.45) is 0. The summed E-state index contributed by atoms with van der Waals surface area (Å²) in [6, 6.07) is 12.3. The standard InChI is InChI=1S/C18H15NS/c1-13-4-6-16(7-5-13)8-9-17-10-14(2)18(20-12-19)15(3)11-17/h4-7,10-11H,1-3H3. The number of nitrogens with zero attached hydrogens (tertiary/aromatic N) is 1.